The molecule has 3 rings (SSSR count). The number of rotatable bonds is 8. The van der Waals surface area contributed by atoms with Crippen molar-refractivity contribution in [3.63, 3.8) is 0 Å². The minimum atomic E-state index is 0. The zero-order valence-corrected chi connectivity index (χ0v) is 20.5. The first kappa shape index (κ1) is 24.5. The second kappa shape index (κ2) is 12.8. The third-order valence-electron chi connectivity index (χ3n) is 4.85. The van der Waals surface area contributed by atoms with Crippen LogP contribution in [0.4, 0.5) is 0 Å². The number of aromatic nitrogens is 3. The molecular weight excluding hydrogens is 493 g/mol. The summed E-state index contributed by atoms with van der Waals surface area (Å²) in [5.41, 5.74) is 0.688. The van der Waals surface area contributed by atoms with Crippen LogP contribution in [0.2, 0.25) is 0 Å². The van der Waals surface area contributed by atoms with Crippen molar-refractivity contribution in [3.8, 4) is 11.6 Å². The second-order valence-corrected chi connectivity index (χ2v) is 7.85. The highest BCUT2D eigenvalue weighted by molar-refractivity contribution is 14.0. The lowest BCUT2D eigenvalue weighted by Crippen LogP contribution is -2.49. The molecule has 166 valence electrons. The molecule has 2 N–H and O–H groups in total. The number of halogens is 1. The molecule has 1 aliphatic rings. The molecule has 30 heavy (non-hydrogen) atoms. The predicted molar refractivity (Wildman–Crippen MR) is 130 cm³/mol. The number of nitrogens with one attached hydrogen (secondary N) is 2. The van der Waals surface area contributed by atoms with Crippen LogP contribution in [0.5, 0.6) is 0 Å². The van der Waals surface area contributed by atoms with Gasteiger partial charge in [0, 0.05) is 51.4 Å². The van der Waals surface area contributed by atoms with Crippen molar-refractivity contribution in [2.45, 2.75) is 46.1 Å². The maximum absolute atomic E-state index is 5.31. The summed E-state index contributed by atoms with van der Waals surface area (Å²) in [6, 6.07) is 6.09. The average molecular weight is 527 g/mol. The normalized spacial score (nSPS) is 15.8. The van der Waals surface area contributed by atoms with Crippen LogP contribution in [-0.2, 0) is 6.42 Å². The van der Waals surface area contributed by atoms with E-state index in [4.69, 9.17) is 9.52 Å². The highest BCUT2D eigenvalue weighted by atomic mass is 127. The lowest BCUT2D eigenvalue weighted by molar-refractivity contribution is 0.187. The fourth-order valence-electron chi connectivity index (χ4n) is 3.51. The number of hydrogen-bond donors (Lipinski definition) is 2. The Labute approximate surface area is 196 Å². The Bertz CT molecular complexity index is 758. The standard InChI is InChI=1S/C21H33N7O.HI/c1-4-22-21(25-17-9-13-28(14-10-17)15-16(2)3)24-12-8-19-26-20(29-27-19)18-7-5-6-11-23-18;/h5-7,11,16-17H,4,8-10,12-15H2,1-3H3,(H2,22,24,25);1H. The van der Waals surface area contributed by atoms with Gasteiger partial charge in [0.1, 0.15) is 5.69 Å². The average Bonchev–Trinajstić information content (AvgIpc) is 3.19. The van der Waals surface area contributed by atoms with Crippen molar-refractivity contribution in [2.75, 3.05) is 32.7 Å². The van der Waals surface area contributed by atoms with E-state index < -0.39 is 0 Å². The minimum Gasteiger partial charge on any atom is -0.357 e. The second-order valence-electron chi connectivity index (χ2n) is 7.85. The Kier molecular flexibility index (Phi) is 10.5. The first-order valence-electron chi connectivity index (χ1n) is 10.6. The molecule has 0 amide bonds. The molecule has 0 aliphatic carbocycles. The molecule has 0 radical (unpaired) electrons. The third-order valence-corrected chi connectivity index (χ3v) is 4.85. The van der Waals surface area contributed by atoms with Crippen LogP contribution in [0, 0.1) is 5.92 Å². The number of aliphatic imine (C=N–C) groups is 1. The summed E-state index contributed by atoms with van der Waals surface area (Å²) in [6.07, 6.45) is 4.63. The molecule has 8 nitrogen and oxygen atoms in total. The van der Waals surface area contributed by atoms with Gasteiger partial charge in [0.15, 0.2) is 11.8 Å². The Morgan fingerprint density at radius 3 is 2.77 bits per heavy atom. The highest BCUT2D eigenvalue weighted by Crippen LogP contribution is 2.14. The zero-order valence-electron chi connectivity index (χ0n) is 18.2. The number of hydrogen-bond acceptors (Lipinski definition) is 6. The van der Waals surface area contributed by atoms with Gasteiger partial charge in [-0.25, -0.2) is 0 Å². The quantitative estimate of drug-likeness (QED) is 0.310. The molecule has 0 unspecified atom stereocenters. The van der Waals surface area contributed by atoms with E-state index in [9.17, 15) is 0 Å². The predicted octanol–water partition coefficient (Wildman–Crippen LogP) is 2.97. The van der Waals surface area contributed by atoms with Gasteiger partial charge in [0.25, 0.3) is 5.89 Å². The van der Waals surface area contributed by atoms with E-state index in [0.717, 1.165) is 44.4 Å². The van der Waals surface area contributed by atoms with Gasteiger partial charge < -0.3 is 20.1 Å². The molecule has 0 spiro atoms. The molecule has 9 heteroatoms. The number of piperidine rings is 1. The van der Waals surface area contributed by atoms with Crippen LogP contribution in [0.25, 0.3) is 11.6 Å². The van der Waals surface area contributed by atoms with E-state index >= 15 is 0 Å². The number of pyridine rings is 1. The molecule has 2 aromatic heterocycles. The topological polar surface area (TPSA) is 91.5 Å². The summed E-state index contributed by atoms with van der Waals surface area (Å²) < 4.78 is 5.31. The molecular formula is C21H34IN7O. The summed E-state index contributed by atoms with van der Waals surface area (Å²) in [6.45, 7) is 11.6. The van der Waals surface area contributed by atoms with Crippen LogP contribution >= 0.6 is 24.0 Å². The number of nitrogens with zero attached hydrogens (tertiary/aromatic N) is 5. The van der Waals surface area contributed by atoms with Gasteiger partial charge in [-0.15, -0.1) is 24.0 Å². The van der Waals surface area contributed by atoms with Crippen molar-refractivity contribution < 1.29 is 4.52 Å². The minimum absolute atomic E-state index is 0. The van der Waals surface area contributed by atoms with E-state index in [2.05, 4.69) is 51.4 Å². The van der Waals surface area contributed by atoms with Crippen molar-refractivity contribution >= 4 is 29.9 Å². The van der Waals surface area contributed by atoms with Gasteiger partial charge in [-0.2, -0.15) is 4.98 Å². The van der Waals surface area contributed by atoms with Crippen LogP contribution in [-0.4, -0.2) is 64.7 Å². The first-order valence-corrected chi connectivity index (χ1v) is 10.6. The van der Waals surface area contributed by atoms with E-state index in [1.54, 1.807) is 6.20 Å². The van der Waals surface area contributed by atoms with Crippen molar-refractivity contribution in [3.05, 3.63) is 30.2 Å². The first-order chi connectivity index (χ1) is 14.1. The Morgan fingerprint density at radius 1 is 1.30 bits per heavy atom. The molecule has 0 bridgehead atoms. The van der Waals surface area contributed by atoms with Crippen molar-refractivity contribution in [1.82, 2.24) is 30.7 Å². The van der Waals surface area contributed by atoms with Crippen molar-refractivity contribution in [1.29, 1.82) is 0 Å². The summed E-state index contributed by atoms with van der Waals surface area (Å²) in [4.78, 5) is 15.9. The Morgan fingerprint density at radius 2 is 2.10 bits per heavy atom. The van der Waals surface area contributed by atoms with Gasteiger partial charge in [-0.3, -0.25) is 9.98 Å². The summed E-state index contributed by atoms with van der Waals surface area (Å²) in [5.74, 6) is 2.68. The summed E-state index contributed by atoms with van der Waals surface area (Å²) >= 11 is 0. The van der Waals surface area contributed by atoms with E-state index in [1.165, 1.54) is 6.54 Å². The molecule has 0 aromatic carbocycles. The van der Waals surface area contributed by atoms with Crippen LogP contribution in [0.1, 0.15) is 39.4 Å². The number of guanidine groups is 1. The summed E-state index contributed by atoms with van der Waals surface area (Å²) in [5, 5.41) is 11.0. The van der Waals surface area contributed by atoms with Gasteiger partial charge >= 0.3 is 0 Å². The number of likely N-dealkylation sites (tertiary alicyclic amines) is 1. The fraction of sp³-hybridized carbons (Fsp3) is 0.619. The molecule has 1 aliphatic heterocycles. The van der Waals surface area contributed by atoms with Gasteiger partial charge in [0.2, 0.25) is 0 Å². The smallest absolute Gasteiger partial charge is 0.276 e. The van der Waals surface area contributed by atoms with E-state index in [1.807, 2.05) is 18.2 Å². The maximum atomic E-state index is 5.31. The van der Waals surface area contributed by atoms with Gasteiger partial charge in [-0.1, -0.05) is 25.1 Å². The van der Waals surface area contributed by atoms with Crippen molar-refractivity contribution in [2.24, 2.45) is 10.9 Å². The fourth-order valence-corrected chi connectivity index (χ4v) is 3.51. The Hall–Kier alpha value is -1.75. The maximum Gasteiger partial charge on any atom is 0.276 e. The summed E-state index contributed by atoms with van der Waals surface area (Å²) in [7, 11) is 0. The third kappa shape index (κ3) is 7.82. The van der Waals surface area contributed by atoms with E-state index in [-0.39, 0.29) is 24.0 Å². The molecule has 0 saturated carbocycles. The molecule has 3 heterocycles. The highest BCUT2D eigenvalue weighted by Gasteiger charge is 2.20. The molecule has 1 saturated heterocycles. The van der Waals surface area contributed by atoms with Crippen LogP contribution in [0.3, 0.4) is 0 Å². The Balaban J connectivity index is 0.00000320. The van der Waals surface area contributed by atoms with Gasteiger partial charge in [0.05, 0.1) is 0 Å². The SMILES string of the molecule is CCNC(=NCCc1noc(-c2ccccn2)n1)NC1CCN(CC(C)C)CC1.I. The zero-order chi connectivity index (χ0) is 20.5. The lowest BCUT2D eigenvalue weighted by atomic mass is 10.0. The molecule has 2 aromatic rings. The molecule has 1 fully saturated rings. The molecule has 0 atom stereocenters. The van der Waals surface area contributed by atoms with E-state index in [0.29, 0.717) is 36.4 Å². The largest absolute Gasteiger partial charge is 0.357 e. The monoisotopic (exact) mass is 527 g/mol. The van der Waals surface area contributed by atoms with Gasteiger partial charge in [-0.05, 0) is 37.8 Å². The lowest BCUT2D eigenvalue weighted by Gasteiger charge is -2.34. The van der Waals surface area contributed by atoms with Crippen LogP contribution < -0.4 is 10.6 Å². The van der Waals surface area contributed by atoms with Crippen LogP contribution in [0.15, 0.2) is 33.9 Å².